The van der Waals surface area contributed by atoms with Crippen LogP contribution >= 0.6 is 0 Å². The molecule has 4 saturated heterocycles. The number of aliphatic hydroxyl groups is 7. The van der Waals surface area contributed by atoms with Gasteiger partial charge >= 0.3 is 11.9 Å². The van der Waals surface area contributed by atoms with Crippen LogP contribution in [0.5, 0.6) is 0 Å². The third-order valence-corrected chi connectivity index (χ3v) is 14.3. The molecule has 0 amide bonds. The van der Waals surface area contributed by atoms with Crippen molar-refractivity contribution in [3.05, 3.63) is 0 Å². The van der Waals surface area contributed by atoms with Crippen molar-refractivity contribution < 1.29 is 88.3 Å². The first-order chi connectivity index (χ1) is 29.5. The van der Waals surface area contributed by atoms with Crippen LogP contribution in [0.2, 0.25) is 0 Å². The molecule has 0 aliphatic carbocycles. The number of esters is 1. The molecule has 0 radical (unpaired) electrons. The predicted molar refractivity (Wildman–Crippen MR) is 227 cm³/mol. The quantitative estimate of drug-likeness (QED) is 0.132. The van der Waals surface area contributed by atoms with E-state index in [1.54, 1.807) is 55.5 Å². The van der Waals surface area contributed by atoms with Gasteiger partial charge in [0.25, 0.3) is 0 Å². The number of nitrogens with zero attached hydrogens (tertiary/aromatic N) is 2. The molecule has 0 spiro atoms. The van der Waals surface area contributed by atoms with Gasteiger partial charge in [0.2, 0.25) is 0 Å². The Kier molecular flexibility index (Phi) is 18.6. The molecule has 4 rings (SSSR count). The van der Waals surface area contributed by atoms with Crippen LogP contribution in [0.3, 0.4) is 0 Å². The number of aliphatic hydroxyl groups excluding tert-OH is 5. The standard InChI is InChI=1S/C44H80N2O18/c1-15-27-44(10,56)37(64-41-32(50)30(48)31(49)34(62-41)38(52)53)24(6)46(13)19-20(2)17-42(8,55)36(63-40-29(47)26(45(11)12)16-21(3)58-40)22(4)33(23(5)39(54)60-27)61-28-18-43(9,57-14)35(51)25(7)59-28/h20-37,40-41,47-51,55-56H,15-19H2,1-14H3,(H,52,53)/t20-,21-,22+,23-,24-,25+,26+,27-,28+,29-,30?,31?,32?,33+,34?,35+,36-,37-,40+,41?,42-,43-,44-/m1/s1. The Morgan fingerprint density at radius 3 is 2.00 bits per heavy atom. The molecule has 23 atom stereocenters. The van der Waals surface area contributed by atoms with Crippen molar-refractivity contribution in [3.63, 3.8) is 0 Å². The molecule has 374 valence electrons. The first-order valence-corrected chi connectivity index (χ1v) is 22.7. The molecule has 8 N–H and O–H groups in total. The maximum atomic E-state index is 14.7. The van der Waals surface area contributed by atoms with Crippen LogP contribution < -0.4 is 0 Å². The van der Waals surface area contributed by atoms with Crippen molar-refractivity contribution in [1.82, 2.24) is 9.80 Å². The van der Waals surface area contributed by atoms with Gasteiger partial charge in [0.15, 0.2) is 25.0 Å². The Morgan fingerprint density at radius 2 is 1.44 bits per heavy atom. The zero-order valence-corrected chi connectivity index (χ0v) is 40.1. The van der Waals surface area contributed by atoms with Crippen molar-refractivity contribution in [3.8, 4) is 0 Å². The van der Waals surface area contributed by atoms with Crippen molar-refractivity contribution >= 4 is 11.9 Å². The SMILES string of the molecule is CC[C@H]1OC(=O)[C@H](C)[C@@H](O[C@H]2C[C@@](C)(OC)[C@@H](O)[C@H](C)O2)[C@H](C)[C@@H](O[C@@H]2O[C@H](C)C[C@H](N(C)C)[C@H]2O)[C@](C)(O)C[C@@H](C)CN(C)[C@H](C)[C@@H](OC2OC(C(=O)O)C(O)C(O)C2O)[C@]1(C)O. The van der Waals surface area contributed by atoms with Gasteiger partial charge in [0.1, 0.15) is 48.3 Å². The number of ether oxygens (including phenoxy) is 8. The molecule has 0 saturated carbocycles. The highest BCUT2D eigenvalue weighted by Gasteiger charge is 2.55. The van der Waals surface area contributed by atoms with E-state index >= 15 is 0 Å². The van der Waals surface area contributed by atoms with Crippen LogP contribution in [0, 0.1) is 17.8 Å². The molecule has 0 aromatic carbocycles. The van der Waals surface area contributed by atoms with E-state index in [0.717, 1.165) is 0 Å². The lowest BCUT2D eigenvalue weighted by Gasteiger charge is -2.48. The number of rotatable bonds is 10. The fourth-order valence-corrected chi connectivity index (χ4v) is 10.3. The summed E-state index contributed by atoms with van der Waals surface area (Å²) in [6, 6.07) is -1.16. The lowest BCUT2D eigenvalue weighted by molar-refractivity contribution is -0.326. The smallest absolute Gasteiger partial charge is 0.335 e. The minimum atomic E-state index is -2.10. The number of carbonyl (C=O) groups is 2. The van der Waals surface area contributed by atoms with Gasteiger partial charge in [-0.25, -0.2) is 4.79 Å². The molecule has 4 aliphatic rings. The maximum Gasteiger partial charge on any atom is 0.335 e. The number of methoxy groups -OCH3 is 1. The zero-order valence-electron chi connectivity index (χ0n) is 40.1. The summed E-state index contributed by atoms with van der Waals surface area (Å²) in [4.78, 5) is 30.4. The molecule has 0 aromatic heterocycles. The average molecular weight is 925 g/mol. The van der Waals surface area contributed by atoms with E-state index in [9.17, 15) is 50.4 Å². The number of carboxylic acid groups (broad SMARTS) is 1. The fraction of sp³-hybridized carbons (Fsp3) is 0.955. The van der Waals surface area contributed by atoms with Crippen LogP contribution in [0.15, 0.2) is 0 Å². The van der Waals surface area contributed by atoms with E-state index in [1.807, 2.05) is 37.7 Å². The van der Waals surface area contributed by atoms with Gasteiger partial charge in [-0.1, -0.05) is 20.8 Å². The molecule has 4 fully saturated rings. The summed E-state index contributed by atoms with van der Waals surface area (Å²) in [5.74, 6) is -4.84. The van der Waals surface area contributed by atoms with Crippen molar-refractivity contribution in [2.75, 3.05) is 34.8 Å². The Hall–Kier alpha value is -1.70. The number of carboxylic acids is 1. The molecule has 0 aromatic rings. The Morgan fingerprint density at radius 1 is 0.844 bits per heavy atom. The molecular formula is C44H80N2O18. The molecule has 0 bridgehead atoms. The van der Waals surface area contributed by atoms with E-state index in [2.05, 4.69) is 0 Å². The van der Waals surface area contributed by atoms with Crippen LogP contribution in [0.25, 0.3) is 0 Å². The van der Waals surface area contributed by atoms with Gasteiger partial charge < -0.3 is 88.5 Å². The number of cyclic esters (lactones) is 1. The van der Waals surface area contributed by atoms with Crippen molar-refractivity contribution in [2.45, 2.75) is 216 Å². The molecule has 20 nitrogen and oxygen atoms in total. The summed E-state index contributed by atoms with van der Waals surface area (Å²) in [6.07, 6.45) is -19.7. The normalized spacial score (nSPS) is 49.8. The van der Waals surface area contributed by atoms with E-state index in [4.69, 9.17) is 37.9 Å². The van der Waals surface area contributed by atoms with Gasteiger partial charge in [-0.2, -0.15) is 0 Å². The number of likely N-dealkylation sites (N-methyl/N-ethyl adjacent to an activating group) is 2. The lowest BCUT2D eigenvalue weighted by Crippen LogP contribution is -2.65. The fourth-order valence-electron chi connectivity index (χ4n) is 10.3. The molecule has 4 aliphatic heterocycles. The van der Waals surface area contributed by atoms with E-state index in [-0.39, 0.29) is 43.9 Å². The summed E-state index contributed by atoms with van der Waals surface area (Å²) in [7, 11) is 6.89. The summed E-state index contributed by atoms with van der Waals surface area (Å²) in [6.45, 7) is 17.1. The van der Waals surface area contributed by atoms with Gasteiger partial charge in [-0.15, -0.1) is 0 Å². The molecule has 64 heavy (non-hydrogen) atoms. The minimum Gasteiger partial charge on any atom is -0.479 e. The highest BCUT2D eigenvalue weighted by Crippen LogP contribution is 2.41. The average Bonchev–Trinajstić information content (AvgIpc) is 3.20. The second-order valence-electron chi connectivity index (χ2n) is 20.0. The van der Waals surface area contributed by atoms with Crippen LogP contribution in [-0.4, -0.2) is 218 Å². The van der Waals surface area contributed by atoms with Crippen molar-refractivity contribution in [1.29, 1.82) is 0 Å². The summed E-state index contributed by atoms with van der Waals surface area (Å²) < 4.78 is 49.6. The topological polar surface area (TPSA) is 276 Å². The van der Waals surface area contributed by atoms with Gasteiger partial charge in [-0.05, 0) is 94.8 Å². The van der Waals surface area contributed by atoms with Crippen molar-refractivity contribution in [2.24, 2.45) is 17.8 Å². The highest BCUT2D eigenvalue weighted by atomic mass is 16.7. The summed E-state index contributed by atoms with van der Waals surface area (Å²) in [5, 5.41) is 89.8. The van der Waals surface area contributed by atoms with Crippen LogP contribution in [0.4, 0.5) is 0 Å². The third kappa shape index (κ3) is 11.9. The first kappa shape index (κ1) is 54.9. The maximum absolute atomic E-state index is 14.7. The number of aliphatic carboxylic acids is 1. The highest BCUT2D eigenvalue weighted by molar-refractivity contribution is 5.73. The third-order valence-electron chi connectivity index (χ3n) is 14.3. The lowest BCUT2D eigenvalue weighted by atomic mass is 9.77. The van der Waals surface area contributed by atoms with Crippen LogP contribution in [-0.2, 0) is 47.5 Å². The monoisotopic (exact) mass is 925 g/mol. The number of hydrogen-bond acceptors (Lipinski definition) is 19. The van der Waals surface area contributed by atoms with Gasteiger partial charge in [0, 0.05) is 38.1 Å². The van der Waals surface area contributed by atoms with Gasteiger partial charge in [-0.3, -0.25) is 4.79 Å². The second kappa shape index (κ2) is 21.7. The Bertz CT molecular complexity index is 1520. The van der Waals surface area contributed by atoms with E-state index in [1.165, 1.54) is 14.0 Å². The minimum absolute atomic E-state index is 0.0301. The molecule has 20 heteroatoms. The van der Waals surface area contributed by atoms with Gasteiger partial charge in [0.05, 0.1) is 41.5 Å². The first-order valence-electron chi connectivity index (χ1n) is 22.7. The molecule has 4 heterocycles. The summed E-state index contributed by atoms with van der Waals surface area (Å²) >= 11 is 0. The van der Waals surface area contributed by atoms with Crippen LogP contribution in [0.1, 0.15) is 94.9 Å². The van der Waals surface area contributed by atoms with E-state index < -0.39 is 133 Å². The second-order valence-corrected chi connectivity index (χ2v) is 20.0. The largest absolute Gasteiger partial charge is 0.479 e. The zero-order chi connectivity index (χ0) is 48.5. The van der Waals surface area contributed by atoms with E-state index in [0.29, 0.717) is 6.42 Å². The number of hydrogen-bond donors (Lipinski definition) is 8. The number of carbonyl (C=O) groups excluding carboxylic acids is 1. The summed E-state index contributed by atoms with van der Waals surface area (Å²) in [5.41, 5.74) is -4.92. The Labute approximate surface area is 378 Å². The predicted octanol–water partition coefficient (Wildman–Crippen LogP) is -0.183. The molecule has 5 unspecified atom stereocenters. The molecular weight excluding hydrogens is 844 g/mol. The Balaban J connectivity index is 1.85.